The van der Waals surface area contributed by atoms with E-state index in [2.05, 4.69) is 10.3 Å². The maximum atomic E-state index is 12.4. The first-order chi connectivity index (χ1) is 8.88. The lowest BCUT2D eigenvalue weighted by Crippen LogP contribution is -2.21. The maximum absolute atomic E-state index is 12.4. The minimum atomic E-state index is -4.49. The Morgan fingerprint density at radius 2 is 2.16 bits per heavy atom. The van der Waals surface area contributed by atoms with Gasteiger partial charge in [-0.05, 0) is 17.5 Å². The molecule has 2 heterocycles. The van der Waals surface area contributed by atoms with Gasteiger partial charge < -0.3 is 0 Å². The molecule has 8 heteroatoms. The SMILES string of the molecule is O=C(Nc1[nH+]cc(C(F)(F)F)cc1Cl)c1cccs1. The molecule has 1 amide bonds. The number of rotatable bonds is 2. The van der Waals surface area contributed by atoms with E-state index in [4.69, 9.17) is 11.6 Å². The Hall–Kier alpha value is -1.60. The van der Waals surface area contributed by atoms with Crippen LogP contribution >= 0.6 is 22.9 Å². The van der Waals surface area contributed by atoms with Crippen molar-refractivity contribution in [1.82, 2.24) is 0 Å². The second-order valence-electron chi connectivity index (χ2n) is 3.54. The number of thiophene rings is 1. The third kappa shape index (κ3) is 3.24. The van der Waals surface area contributed by atoms with Gasteiger partial charge in [0.1, 0.15) is 16.1 Å². The number of anilines is 1. The van der Waals surface area contributed by atoms with Gasteiger partial charge in [-0.2, -0.15) is 13.2 Å². The monoisotopic (exact) mass is 307 g/mol. The Balaban J connectivity index is 2.21. The summed E-state index contributed by atoms with van der Waals surface area (Å²) in [6, 6.07) is 4.04. The molecule has 0 unspecified atom stereocenters. The molecule has 0 bridgehead atoms. The van der Waals surface area contributed by atoms with Crippen LogP contribution in [-0.2, 0) is 6.18 Å². The summed E-state index contributed by atoms with van der Waals surface area (Å²) in [5.41, 5.74) is -0.911. The molecular formula is C11H7ClF3N2OS+. The zero-order chi connectivity index (χ0) is 14.0. The smallest absolute Gasteiger partial charge is 0.245 e. The van der Waals surface area contributed by atoms with Crippen LogP contribution in [0.25, 0.3) is 0 Å². The molecule has 2 aromatic heterocycles. The van der Waals surface area contributed by atoms with Crippen molar-refractivity contribution in [2.75, 3.05) is 5.32 Å². The van der Waals surface area contributed by atoms with E-state index in [1.807, 2.05) is 0 Å². The normalized spacial score (nSPS) is 11.4. The van der Waals surface area contributed by atoms with Crippen molar-refractivity contribution in [2.45, 2.75) is 6.18 Å². The summed E-state index contributed by atoms with van der Waals surface area (Å²) < 4.78 is 37.3. The van der Waals surface area contributed by atoms with Gasteiger partial charge in [0.15, 0.2) is 0 Å². The Kier molecular flexibility index (Phi) is 3.77. The van der Waals surface area contributed by atoms with Gasteiger partial charge in [0, 0.05) is 0 Å². The summed E-state index contributed by atoms with van der Waals surface area (Å²) in [6.07, 6.45) is -3.74. The highest BCUT2D eigenvalue weighted by molar-refractivity contribution is 7.12. The second-order valence-corrected chi connectivity index (χ2v) is 4.90. The first-order valence-corrected chi connectivity index (χ1v) is 6.27. The van der Waals surface area contributed by atoms with Gasteiger partial charge in [-0.3, -0.25) is 0 Å². The Morgan fingerprint density at radius 3 is 2.68 bits per heavy atom. The van der Waals surface area contributed by atoms with Crippen LogP contribution in [0.5, 0.6) is 0 Å². The van der Waals surface area contributed by atoms with E-state index in [1.54, 1.807) is 17.5 Å². The molecule has 0 atom stereocenters. The zero-order valence-corrected chi connectivity index (χ0v) is 10.8. The lowest BCUT2D eigenvalue weighted by molar-refractivity contribution is -0.364. The molecule has 0 fully saturated rings. The van der Waals surface area contributed by atoms with Gasteiger partial charge in [0.05, 0.1) is 5.56 Å². The van der Waals surface area contributed by atoms with Crippen molar-refractivity contribution < 1.29 is 22.9 Å². The number of nitrogens with one attached hydrogen (secondary N) is 2. The van der Waals surface area contributed by atoms with Gasteiger partial charge in [0.25, 0.3) is 5.82 Å². The fourth-order valence-corrected chi connectivity index (χ4v) is 2.15. The second kappa shape index (κ2) is 5.18. The van der Waals surface area contributed by atoms with Gasteiger partial charge in [-0.1, -0.05) is 17.7 Å². The molecule has 19 heavy (non-hydrogen) atoms. The number of carbonyl (C=O) groups is 1. The van der Waals surface area contributed by atoms with E-state index >= 15 is 0 Å². The van der Waals surface area contributed by atoms with Gasteiger partial charge >= 0.3 is 12.1 Å². The van der Waals surface area contributed by atoms with Crippen LogP contribution in [-0.4, -0.2) is 5.91 Å². The van der Waals surface area contributed by atoms with Crippen molar-refractivity contribution >= 4 is 34.7 Å². The van der Waals surface area contributed by atoms with Crippen LogP contribution < -0.4 is 10.3 Å². The number of aromatic amines is 1. The number of alkyl halides is 3. The molecule has 0 saturated carbocycles. The predicted octanol–water partition coefficient (Wildman–Crippen LogP) is 3.49. The molecular weight excluding hydrogens is 301 g/mol. The Bertz CT molecular complexity index is 598. The van der Waals surface area contributed by atoms with E-state index in [-0.39, 0.29) is 10.8 Å². The minimum absolute atomic E-state index is 0.0214. The lowest BCUT2D eigenvalue weighted by Gasteiger charge is -2.05. The van der Waals surface area contributed by atoms with Crippen LogP contribution in [0.15, 0.2) is 29.8 Å². The highest BCUT2D eigenvalue weighted by atomic mass is 35.5. The fourth-order valence-electron chi connectivity index (χ4n) is 1.31. The van der Waals surface area contributed by atoms with Gasteiger partial charge in [-0.15, -0.1) is 11.3 Å². The number of hydrogen-bond donors (Lipinski definition) is 1. The molecule has 0 saturated heterocycles. The van der Waals surface area contributed by atoms with Crippen LogP contribution in [0.3, 0.4) is 0 Å². The molecule has 0 aromatic carbocycles. The summed E-state index contributed by atoms with van der Waals surface area (Å²) in [4.78, 5) is 14.5. The largest absolute Gasteiger partial charge is 0.419 e. The molecule has 0 aliphatic heterocycles. The first-order valence-electron chi connectivity index (χ1n) is 5.01. The van der Waals surface area contributed by atoms with Crippen molar-refractivity contribution in [3.05, 3.63) is 45.2 Å². The van der Waals surface area contributed by atoms with E-state index in [0.717, 1.165) is 12.3 Å². The van der Waals surface area contributed by atoms with Crippen molar-refractivity contribution in [3.8, 4) is 0 Å². The zero-order valence-electron chi connectivity index (χ0n) is 9.22. The van der Waals surface area contributed by atoms with Crippen LogP contribution in [0.4, 0.5) is 19.0 Å². The van der Waals surface area contributed by atoms with Gasteiger partial charge in [0.2, 0.25) is 0 Å². The number of hydrogen-bond acceptors (Lipinski definition) is 2. The first kappa shape index (κ1) is 13.8. The van der Waals surface area contributed by atoms with Crippen LogP contribution in [0.1, 0.15) is 15.2 Å². The molecule has 2 aromatic rings. The predicted molar refractivity (Wildman–Crippen MR) is 65.3 cm³/mol. The molecule has 100 valence electrons. The Morgan fingerprint density at radius 1 is 1.42 bits per heavy atom. The fraction of sp³-hybridized carbons (Fsp3) is 0.0909. The average Bonchev–Trinajstić information content (AvgIpc) is 2.84. The van der Waals surface area contributed by atoms with Crippen LogP contribution in [0, 0.1) is 0 Å². The molecule has 2 N–H and O–H groups in total. The number of halogens is 4. The topological polar surface area (TPSA) is 43.2 Å². The molecule has 3 nitrogen and oxygen atoms in total. The number of carbonyl (C=O) groups excluding carboxylic acids is 1. The molecule has 0 aliphatic carbocycles. The van der Waals surface area contributed by atoms with E-state index in [0.29, 0.717) is 4.88 Å². The third-order valence-electron chi connectivity index (χ3n) is 2.20. The highest BCUT2D eigenvalue weighted by Crippen LogP contribution is 2.31. The van der Waals surface area contributed by atoms with Crippen LogP contribution in [0.2, 0.25) is 5.02 Å². The summed E-state index contributed by atoms with van der Waals surface area (Å²) in [5, 5.41) is 3.91. The Labute approximate surface area is 115 Å². The summed E-state index contributed by atoms with van der Waals surface area (Å²) in [7, 11) is 0. The molecule has 0 radical (unpaired) electrons. The lowest BCUT2D eigenvalue weighted by atomic mass is 10.3. The van der Waals surface area contributed by atoms with E-state index in [9.17, 15) is 18.0 Å². The standard InChI is InChI=1S/C11H6ClF3N2OS/c12-7-4-6(11(13,14)15)5-16-9(7)17-10(18)8-2-1-3-19-8/h1-5H,(H,16,17,18)/p+1. The van der Waals surface area contributed by atoms with Crippen molar-refractivity contribution in [3.63, 3.8) is 0 Å². The molecule has 0 aliphatic rings. The van der Waals surface area contributed by atoms with Crippen molar-refractivity contribution in [1.29, 1.82) is 0 Å². The number of amides is 1. The number of pyridine rings is 1. The van der Waals surface area contributed by atoms with Gasteiger partial charge in [-0.25, -0.2) is 15.1 Å². The number of H-pyrrole nitrogens is 1. The average molecular weight is 308 g/mol. The third-order valence-corrected chi connectivity index (χ3v) is 3.37. The number of aromatic nitrogens is 1. The minimum Gasteiger partial charge on any atom is -0.245 e. The quantitative estimate of drug-likeness (QED) is 0.907. The maximum Gasteiger partial charge on any atom is 0.419 e. The summed E-state index contributed by atoms with van der Waals surface area (Å²) in [5.74, 6) is -0.416. The van der Waals surface area contributed by atoms with Crippen molar-refractivity contribution in [2.24, 2.45) is 0 Å². The van der Waals surface area contributed by atoms with E-state index in [1.165, 1.54) is 11.3 Å². The highest BCUT2D eigenvalue weighted by Gasteiger charge is 2.33. The molecule has 0 spiro atoms. The summed E-state index contributed by atoms with van der Waals surface area (Å²) >= 11 is 6.91. The molecule has 2 rings (SSSR count). The summed E-state index contributed by atoms with van der Waals surface area (Å²) in [6.45, 7) is 0. The van der Waals surface area contributed by atoms with E-state index < -0.39 is 17.6 Å².